The highest BCUT2D eigenvalue weighted by molar-refractivity contribution is 5.97. The Morgan fingerprint density at radius 3 is 2.76 bits per heavy atom. The Labute approximate surface area is 146 Å². The Bertz CT molecular complexity index is 879. The smallest absolute Gasteiger partial charge is 0.253 e. The monoisotopic (exact) mass is 338 g/mol. The van der Waals surface area contributed by atoms with Crippen molar-refractivity contribution in [3.05, 3.63) is 65.2 Å². The number of nitrogens with two attached hydrogens (primary N) is 1. The fourth-order valence-corrected chi connectivity index (χ4v) is 2.73. The summed E-state index contributed by atoms with van der Waals surface area (Å²) in [6.45, 7) is 5.51. The van der Waals surface area contributed by atoms with Gasteiger partial charge in [-0.1, -0.05) is 12.1 Å². The minimum atomic E-state index is -0.137. The second-order valence-corrected chi connectivity index (χ2v) is 5.92. The van der Waals surface area contributed by atoms with E-state index in [-0.39, 0.29) is 5.91 Å². The zero-order valence-electron chi connectivity index (χ0n) is 14.4. The Hall–Kier alpha value is -2.93. The van der Waals surface area contributed by atoms with Crippen LogP contribution in [0.15, 0.2) is 42.7 Å². The summed E-state index contributed by atoms with van der Waals surface area (Å²) in [5.74, 6) is -0.137. The summed E-state index contributed by atoms with van der Waals surface area (Å²) in [6, 6.07) is 9.39. The Morgan fingerprint density at radius 2 is 2.08 bits per heavy atom. The number of carbonyl (C=O) groups excluding carboxylic acids is 1. The highest BCUT2D eigenvalue weighted by Crippen LogP contribution is 2.14. The molecule has 0 unspecified atom stereocenters. The van der Waals surface area contributed by atoms with Gasteiger partial charge in [-0.2, -0.15) is 10.2 Å². The van der Waals surface area contributed by atoms with Gasteiger partial charge in [0.25, 0.3) is 5.91 Å². The van der Waals surface area contributed by atoms with E-state index < -0.39 is 0 Å². The second kappa shape index (κ2) is 7.31. The molecule has 7 nitrogen and oxygen atoms in total. The van der Waals surface area contributed by atoms with Gasteiger partial charge in [0.05, 0.1) is 29.7 Å². The summed E-state index contributed by atoms with van der Waals surface area (Å²) in [5.41, 5.74) is 9.91. The number of nitrogens with one attached hydrogen (secondary N) is 1. The fourth-order valence-electron chi connectivity index (χ4n) is 2.73. The lowest BCUT2D eigenvalue weighted by molar-refractivity contribution is 0.0951. The van der Waals surface area contributed by atoms with E-state index in [2.05, 4.69) is 15.5 Å². The van der Waals surface area contributed by atoms with Crippen LogP contribution in [0.5, 0.6) is 0 Å². The number of amides is 1. The molecule has 130 valence electrons. The molecular weight excluding hydrogens is 316 g/mol. The minimum Gasteiger partial charge on any atom is -0.350 e. The predicted molar refractivity (Wildman–Crippen MR) is 95.5 cm³/mol. The van der Waals surface area contributed by atoms with E-state index in [0.29, 0.717) is 25.2 Å². The Balaban J connectivity index is 1.71. The van der Waals surface area contributed by atoms with Crippen LogP contribution in [0.1, 0.15) is 27.3 Å². The molecule has 7 heteroatoms. The van der Waals surface area contributed by atoms with E-state index in [1.807, 2.05) is 49.0 Å². The summed E-state index contributed by atoms with van der Waals surface area (Å²) in [4.78, 5) is 12.6. The highest BCUT2D eigenvalue weighted by atomic mass is 16.1. The van der Waals surface area contributed by atoms with Crippen LogP contribution in [0, 0.1) is 13.8 Å². The zero-order chi connectivity index (χ0) is 17.8. The Kier molecular flexibility index (Phi) is 4.95. The predicted octanol–water partition coefficient (Wildman–Crippen LogP) is 1.57. The number of aromatic nitrogens is 4. The van der Waals surface area contributed by atoms with Crippen LogP contribution in [-0.4, -0.2) is 32.0 Å². The summed E-state index contributed by atoms with van der Waals surface area (Å²) < 4.78 is 3.57. The van der Waals surface area contributed by atoms with Crippen LogP contribution in [0.4, 0.5) is 0 Å². The van der Waals surface area contributed by atoms with Crippen LogP contribution < -0.4 is 11.1 Å². The quantitative estimate of drug-likeness (QED) is 0.714. The molecule has 0 atom stereocenters. The standard InChI is InChI=1S/C18H22N6O/c1-13-9-14(2)23(22-13)8-7-20-18(25)16-5-3-4-6-17(16)24-12-15(10-19)11-21-24/h3-6,9,11-12H,7-8,10,19H2,1-2H3,(H,20,25). The fraction of sp³-hybridized carbons (Fsp3) is 0.278. The molecule has 2 aromatic heterocycles. The molecule has 1 amide bonds. The van der Waals surface area contributed by atoms with Crippen LogP contribution in [-0.2, 0) is 13.1 Å². The van der Waals surface area contributed by atoms with Gasteiger partial charge >= 0.3 is 0 Å². The van der Waals surface area contributed by atoms with Crippen molar-refractivity contribution in [1.82, 2.24) is 24.9 Å². The molecule has 0 spiro atoms. The lowest BCUT2D eigenvalue weighted by Gasteiger charge is -2.11. The van der Waals surface area contributed by atoms with Crippen molar-refractivity contribution in [2.45, 2.75) is 26.9 Å². The van der Waals surface area contributed by atoms with Crippen molar-refractivity contribution < 1.29 is 4.79 Å². The van der Waals surface area contributed by atoms with Gasteiger partial charge in [0, 0.05) is 30.5 Å². The summed E-state index contributed by atoms with van der Waals surface area (Å²) >= 11 is 0. The molecule has 0 aliphatic heterocycles. The van der Waals surface area contributed by atoms with Crippen molar-refractivity contribution in [1.29, 1.82) is 0 Å². The van der Waals surface area contributed by atoms with Gasteiger partial charge in [-0.15, -0.1) is 0 Å². The van der Waals surface area contributed by atoms with Gasteiger partial charge in [0.2, 0.25) is 0 Å². The van der Waals surface area contributed by atoms with Gasteiger partial charge in [-0.25, -0.2) is 4.68 Å². The summed E-state index contributed by atoms with van der Waals surface area (Å²) in [5, 5.41) is 11.6. The van der Waals surface area contributed by atoms with Crippen LogP contribution in [0.3, 0.4) is 0 Å². The number of para-hydroxylation sites is 1. The molecule has 25 heavy (non-hydrogen) atoms. The van der Waals surface area contributed by atoms with Crippen molar-refractivity contribution in [2.24, 2.45) is 5.73 Å². The van der Waals surface area contributed by atoms with Gasteiger partial charge in [0.1, 0.15) is 0 Å². The number of rotatable bonds is 6. The summed E-state index contributed by atoms with van der Waals surface area (Å²) in [6.07, 6.45) is 3.54. The normalized spacial score (nSPS) is 10.8. The van der Waals surface area contributed by atoms with Gasteiger partial charge in [-0.05, 0) is 32.0 Å². The first-order valence-electron chi connectivity index (χ1n) is 8.20. The van der Waals surface area contributed by atoms with Crippen molar-refractivity contribution >= 4 is 5.91 Å². The first-order chi connectivity index (χ1) is 12.1. The third-order valence-electron chi connectivity index (χ3n) is 3.98. The first kappa shape index (κ1) is 16.9. The number of carbonyl (C=O) groups is 1. The van der Waals surface area contributed by atoms with E-state index >= 15 is 0 Å². The minimum absolute atomic E-state index is 0.137. The molecule has 3 rings (SSSR count). The molecule has 0 aliphatic carbocycles. The highest BCUT2D eigenvalue weighted by Gasteiger charge is 2.13. The molecule has 2 heterocycles. The first-order valence-corrected chi connectivity index (χ1v) is 8.20. The topological polar surface area (TPSA) is 90.8 Å². The molecule has 0 saturated heterocycles. The number of nitrogens with zero attached hydrogens (tertiary/aromatic N) is 4. The SMILES string of the molecule is Cc1cc(C)n(CCNC(=O)c2ccccc2-n2cc(CN)cn2)n1. The van der Waals surface area contributed by atoms with E-state index in [4.69, 9.17) is 5.73 Å². The van der Waals surface area contributed by atoms with Gasteiger partial charge in [0.15, 0.2) is 0 Å². The third-order valence-corrected chi connectivity index (χ3v) is 3.98. The molecular formula is C18H22N6O. The van der Waals surface area contributed by atoms with Crippen molar-refractivity contribution in [3.63, 3.8) is 0 Å². The number of hydrogen-bond donors (Lipinski definition) is 2. The van der Waals surface area contributed by atoms with E-state index in [9.17, 15) is 4.79 Å². The third kappa shape index (κ3) is 3.77. The number of benzene rings is 1. The average molecular weight is 338 g/mol. The molecule has 0 aliphatic rings. The molecule has 0 fully saturated rings. The average Bonchev–Trinajstić information content (AvgIpc) is 3.21. The summed E-state index contributed by atoms with van der Waals surface area (Å²) in [7, 11) is 0. The number of aryl methyl sites for hydroxylation is 2. The van der Waals surface area contributed by atoms with Gasteiger partial charge in [-0.3, -0.25) is 9.48 Å². The maximum absolute atomic E-state index is 12.6. The molecule has 3 N–H and O–H groups in total. The lowest BCUT2D eigenvalue weighted by Crippen LogP contribution is -2.28. The Morgan fingerprint density at radius 1 is 1.28 bits per heavy atom. The van der Waals surface area contributed by atoms with E-state index in [1.54, 1.807) is 16.9 Å². The van der Waals surface area contributed by atoms with E-state index in [1.165, 1.54) is 0 Å². The molecule has 1 aromatic carbocycles. The largest absolute Gasteiger partial charge is 0.350 e. The zero-order valence-corrected chi connectivity index (χ0v) is 14.4. The molecule has 0 saturated carbocycles. The van der Waals surface area contributed by atoms with Gasteiger partial charge < -0.3 is 11.1 Å². The lowest BCUT2D eigenvalue weighted by atomic mass is 10.1. The van der Waals surface area contributed by atoms with Crippen LogP contribution >= 0.6 is 0 Å². The van der Waals surface area contributed by atoms with Crippen molar-refractivity contribution in [3.8, 4) is 5.69 Å². The van der Waals surface area contributed by atoms with E-state index in [0.717, 1.165) is 22.6 Å². The van der Waals surface area contributed by atoms with Crippen LogP contribution in [0.2, 0.25) is 0 Å². The van der Waals surface area contributed by atoms with Crippen molar-refractivity contribution in [2.75, 3.05) is 6.54 Å². The molecule has 3 aromatic rings. The molecule has 0 radical (unpaired) electrons. The maximum Gasteiger partial charge on any atom is 0.253 e. The second-order valence-electron chi connectivity index (χ2n) is 5.92. The molecule has 0 bridgehead atoms. The maximum atomic E-state index is 12.6. The van der Waals surface area contributed by atoms with Crippen LogP contribution in [0.25, 0.3) is 5.69 Å². The number of hydrogen-bond acceptors (Lipinski definition) is 4.